The number of aromatic nitrogens is 2. The number of hydrogen-bond acceptors (Lipinski definition) is 7. The highest BCUT2D eigenvalue weighted by Gasteiger charge is 2.29. The van der Waals surface area contributed by atoms with E-state index < -0.39 is 17.0 Å². The number of esters is 1. The zero-order valence-electron chi connectivity index (χ0n) is 21.3. The normalized spacial score (nSPS) is 12.8. The van der Waals surface area contributed by atoms with Gasteiger partial charge in [0, 0.05) is 44.7 Å². The molecule has 0 aliphatic rings. The van der Waals surface area contributed by atoms with E-state index in [0.29, 0.717) is 34.8 Å². The lowest BCUT2D eigenvalue weighted by molar-refractivity contribution is 0.00660. The van der Waals surface area contributed by atoms with Crippen LogP contribution in [0, 0.1) is 9.12 Å². The Morgan fingerprint density at radius 3 is 2.43 bits per heavy atom. The highest BCUT2D eigenvalue weighted by molar-refractivity contribution is 14.1. The van der Waals surface area contributed by atoms with E-state index in [1.165, 1.54) is 12.3 Å². The number of carbonyl (C=O) groups is 1. The molecular formula is C25H34ClIN2O6. The van der Waals surface area contributed by atoms with E-state index in [4.69, 9.17) is 30.5 Å². The third-order valence-electron chi connectivity index (χ3n) is 4.93. The Morgan fingerprint density at radius 2 is 1.83 bits per heavy atom. The summed E-state index contributed by atoms with van der Waals surface area (Å²) in [6, 6.07) is 2.88. The molecule has 0 fully saturated rings. The number of pyridine rings is 2. The van der Waals surface area contributed by atoms with Crippen molar-refractivity contribution in [3.05, 3.63) is 49.2 Å². The zero-order chi connectivity index (χ0) is 26.4. The molecule has 0 bridgehead atoms. The van der Waals surface area contributed by atoms with Crippen LogP contribution in [-0.2, 0) is 9.47 Å². The average molecular weight is 621 g/mol. The fourth-order valence-corrected chi connectivity index (χ4v) is 4.04. The molecule has 0 aliphatic carbocycles. The summed E-state index contributed by atoms with van der Waals surface area (Å²) >= 11 is 8.31. The molecule has 0 radical (unpaired) electrons. The summed E-state index contributed by atoms with van der Waals surface area (Å²) in [5.74, 6) is 0.303. The largest absolute Gasteiger partial charge is 0.490 e. The van der Waals surface area contributed by atoms with Gasteiger partial charge in [0.2, 0.25) is 0 Å². The van der Waals surface area contributed by atoms with Crippen molar-refractivity contribution in [1.82, 2.24) is 9.55 Å². The predicted molar refractivity (Wildman–Crippen MR) is 144 cm³/mol. The van der Waals surface area contributed by atoms with E-state index in [-0.39, 0.29) is 28.8 Å². The van der Waals surface area contributed by atoms with Crippen molar-refractivity contribution in [3.8, 4) is 11.5 Å². The molecule has 2 rings (SSSR count). The van der Waals surface area contributed by atoms with Crippen molar-refractivity contribution >= 4 is 40.2 Å². The summed E-state index contributed by atoms with van der Waals surface area (Å²) in [4.78, 5) is 29.3. The maximum absolute atomic E-state index is 12.6. The summed E-state index contributed by atoms with van der Waals surface area (Å²) in [6.07, 6.45) is 3.91. The van der Waals surface area contributed by atoms with Crippen LogP contribution in [0.3, 0.4) is 0 Å². The van der Waals surface area contributed by atoms with Gasteiger partial charge in [-0.05, 0) is 48.8 Å². The van der Waals surface area contributed by atoms with Crippen LogP contribution < -0.4 is 14.9 Å². The van der Waals surface area contributed by atoms with Gasteiger partial charge in [0.15, 0.2) is 22.1 Å². The van der Waals surface area contributed by atoms with E-state index in [1.807, 2.05) is 4.57 Å². The van der Waals surface area contributed by atoms with Crippen molar-refractivity contribution in [2.24, 2.45) is 5.41 Å². The Kier molecular flexibility index (Phi) is 10.4. The van der Waals surface area contributed by atoms with Gasteiger partial charge in [0.05, 0.1) is 12.6 Å². The first-order chi connectivity index (χ1) is 16.2. The lowest BCUT2D eigenvalue weighted by atomic mass is 9.87. The molecule has 8 nitrogen and oxygen atoms in total. The maximum Gasteiger partial charge on any atom is 0.344 e. The van der Waals surface area contributed by atoms with Crippen LogP contribution in [0.15, 0.2) is 29.3 Å². The summed E-state index contributed by atoms with van der Waals surface area (Å²) in [7, 11) is 1.64. The minimum atomic E-state index is -0.710. The number of hydrogen-bond donors (Lipinski definition) is 0. The Hall–Kier alpha value is -1.85. The van der Waals surface area contributed by atoms with E-state index in [9.17, 15) is 9.59 Å². The molecule has 35 heavy (non-hydrogen) atoms. The molecular weight excluding hydrogens is 587 g/mol. The number of nitrogens with zero attached hydrogens (tertiary/aromatic N) is 2. The standard InChI is InChI=1S/C25H34ClIN2O6/c1-24(2,3)20(29-10-9-17(30)16(14-29)23(31)35-25(4,5)6)15-34-19-13-18(21(26)28-22(19)27)33-12-8-11-32-7/h9-10,13-14,20H,8,11-12,15H2,1-7H3. The fourth-order valence-electron chi connectivity index (χ4n) is 3.15. The van der Waals surface area contributed by atoms with Gasteiger partial charge in [-0.15, -0.1) is 0 Å². The molecule has 2 aromatic rings. The summed E-state index contributed by atoms with van der Waals surface area (Å²) in [5.41, 5.74) is -1.40. The number of ether oxygens (including phenoxy) is 4. The van der Waals surface area contributed by atoms with Gasteiger partial charge in [0.1, 0.15) is 21.5 Å². The van der Waals surface area contributed by atoms with Crippen LogP contribution in [0.4, 0.5) is 0 Å². The average Bonchev–Trinajstić information content (AvgIpc) is 2.72. The lowest BCUT2D eigenvalue weighted by Gasteiger charge is -2.33. The summed E-state index contributed by atoms with van der Waals surface area (Å²) in [6.45, 7) is 12.7. The van der Waals surface area contributed by atoms with Gasteiger partial charge in [-0.2, -0.15) is 0 Å². The van der Waals surface area contributed by atoms with Gasteiger partial charge in [-0.1, -0.05) is 32.4 Å². The van der Waals surface area contributed by atoms with E-state index in [0.717, 1.165) is 0 Å². The molecule has 194 valence electrons. The first-order valence-electron chi connectivity index (χ1n) is 11.3. The van der Waals surface area contributed by atoms with E-state index in [2.05, 4.69) is 48.3 Å². The molecule has 1 unspecified atom stereocenters. The Bertz CT molecular complexity index is 1080. The Balaban J connectivity index is 2.29. The molecule has 0 saturated carbocycles. The number of halogens is 2. The molecule has 0 spiro atoms. The van der Waals surface area contributed by atoms with E-state index in [1.54, 1.807) is 40.1 Å². The van der Waals surface area contributed by atoms with E-state index >= 15 is 0 Å². The molecule has 0 N–H and O–H groups in total. The van der Waals surface area contributed by atoms with Crippen molar-refractivity contribution in [2.45, 2.75) is 59.6 Å². The van der Waals surface area contributed by atoms with Gasteiger partial charge in [-0.25, -0.2) is 9.78 Å². The molecule has 0 amide bonds. The third-order valence-corrected chi connectivity index (χ3v) is 5.98. The predicted octanol–water partition coefficient (Wildman–Crippen LogP) is 5.54. The Labute approximate surface area is 225 Å². The second-order valence-electron chi connectivity index (χ2n) is 10.1. The molecule has 0 aliphatic heterocycles. The van der Waals surface area contributed by atoms with Crippen LogP contribution in [0.5, 0.6) is 11.5 Å². The number of carbonyl (C=O) groups excluding carboxylic acids is 1. The Morgan fingerprint density at radius 1 is 1.14 bits per heavy atom. The molecule has 2 aromatic heterocycles. The van der Waals surface area contributed by atoms with Crippen molar-refractivity contribution < 1.29 is 23.7 Å². The second-order valence-corrected chi connectivity index (χ2v) is 11.5. The van der Waals surface area contributed by atoms with Gasteiger partial charge in [0.25, 0.3) is 0 Å². The third kappa shape index (κ3) is 8.95. The van der Waals surface area contributed by atoms with Gasteiger partial charge < -0.3 is 23.5 Å². The summed E-state index contributed by atoms with van der Waals surface area (Å²) < 4.78 is 24.8. The number of rotatable bonds is 10. The minimum Gasteiger partial charge on any atom is -0.490 e. The minimum absolute atomic E-state index is 0.0221. The van der Waals surface area contributed by atoms with Crippen LogP contribution in [0.25, 0.3) is 0 Å². The smallest absolute Gasteiger partial charge is 0.344 e. The molecule has 10 heteroatoms. The van der Waals surface area contributed by atoms with Crippen molar-refractivity contribution in [1.29, 1.82) is 0 Å². The SMILES string of the molecule is COCCCOc1cc(OCC(n2ccc(=O)c(C(=O)OC(C)(C)C)c2)C(C)(C)C)c(I)nc1Cl. The summed E-state index contributed by atoms with van der Waals surface area (Å²) in [5, 5.41) is 0.258. The number of methoxy groups -OCH3 is 1. The first-order valence-corrected chi connectivity index (χ1v) is 12.7. The van der Waals surface area contributed by atoms with Gasteiger partial charge in [-0.3, -0.25) is 4.79 Å². The quantitative estimate of drug-likeness (QED) is 0.149. The highest BCUT2D eigenvalue weighted by atomic mass is 127. The molecule has 1 atom stereocenters. The first kappa shape index (κ1) is 29.4. The van der Waals surface area contributed by atoms with Crippen LogP contribution in [-0.4, -0.2) is 48.1 Å². The highest BCUT2D eigenvalue weighted by Crippen LogP contribution is 2.34. The van der Waals surface area contributed by atoms with Crippen molar-refractivity contribution in [3.63, 3.8) is 0 Å². The zero-order valence-corrected chi connectivity index (χ0v) is 24.2. The van der Waals surface area contributed by atoms with Crippen LogP contribution in [0.1, 0.15) is 64.4 Å². The molecule has 0 saturated heterocycles. The van der Waals surface area contributed by atoms with Crippen LogP contribution >= 0.6 is 34.2 Å². The molecule has 0 aromatic carbocycles. The van der Waals surface area contributed by atoms with Crippen molar-refractivity contribution in [2.75, 3.05) is 26.9 Å². The van der Waals surface area contributed by atoms with Gasteiger partial charge >= 0.3 is 5.97 Å². The maximum atomic E-state index is 12.6. The second kappa shape index (κ2) is 12.4. The fraction of sp³-hybridized carbons (Fsp3) is 0.560. The van der Waals surface area contributed by atoms with Crippen LogP contribution in [0.2, 0.25) is 5.15 Å². The monoisotopic (exact) mass is 620 g/mol. The molecule has 2 heterocycles. The lowest BCUT2D eigenvalue weighted by Crippen LogP contribution is -2.32. The topological polar surface area (TPSA) is 88.9 Å².